The summed E-state index contributed by atoms with van der Waals surface area (Å²) in [6.45, 7) is 4.62. The summed E-state index contributed by atoms with van der Waals surface area (Å²) < 4.78 is 39.6. The standard InChI is InChI=1S/C60H113O11P/c1-4-7-10-13-16-19-22-25-26-27-28-29-30-33-36-39-42-45-48-51-60(64)71-57(53-67-58(62)49-46-43-40-37-34-31-23-20-17-14-11-8-5-2)55-69-72(65,66)68-54-56(52-61)70-59(63)50-47-44-41-38-35-32-24-21-18-15-12-9-6-3/h11,14,20,23,56-57,61H,4-10,12-13,15-19,21-22,24-55H2,1-3H3,(H,65,66)/b14-11-,23-20-. The number of allylic oxidation sites excluding steroid dienone is 4. The third-order valence-electron chi connectivity index (χ3n) is 13.4. The van der Waals surface area contributed by atoms with Gasteiger partial charge in [-0.05, 0) is 44.9 Å². The Hall–Kier alpha value is -2.04. The Morgan fingerprint density at radius 1 is 0.389 bits per heavy atom. The summed E-state index contributed by atoms with van der Waals surface area (Å²) in [6, 6.07) is 0. The third-order valence-corrected chi connectivity index (χ3v) is 14.3. The molecule has 3 unspecified atom stereocenters. The van der Waals surface area contributed by atoms with Gasteiger partial charge in [0.15, 0.2) is 6.10 Å². The van der Waals surface area contributed by atoms with Gasteiger partial charge in [0.05, 0.1) is 19.8 Å². The second kappa shape index (κ2) is 55.2. The van der Waals surface area contributed by atoms with Gasteiger partial charge < -0.3 is 24.2 Å². The number of phosphoric acid groups is 1. The van der Waals surface area contributed by atoms with Gasteiger partial charge in [0, 0.05) is 19.3 Å². The number of hydrogen-bond acceptors (Lipinski definition) is 10. The minimum absolute atomic E-state index is 0.172. The van der Waals surface area contributed by atoms with Gasteiger partial charge >= 0.3 is 25.7 Å². The molecule has 0 radical (unpaired) electrons. The minimum Gasteiger partial charge on any atom is -0.462 e. The Bertz CT molecular complexity index is 1310. The number of ether oxygens (including phenoxy) is 3. The molecular weight excluding hydrogens is 928 g/mol. The van der Waals surface area contributed by atoms with Gasteiger partial charge in [-0.3, -0.25) is 23.4 Å². The van der Waals surface area contributed by atoms with E-state index < -0.39 is 57.8 Å². The van der Waals surface area contributed by atoms with Crippen LogP contribution >= 0.6 is 7.82 Å². The zero-order valence-electron chi connectivity index (χ0n) is 46.9. The average Bonchev–Trinajstić information content (AvgIpc) is 3.37. The molecule has 0 saturated carbocycles. The molecule has 0 bridgehead atoms. The molecule has 12 heteroatoms. The number of hydrogen-bond donors (Lipinski definition) is 2. The lowest BCUT2D eigenvalue weighted by Gasteiger charge is -2.21. The summed E-state index contributed by atoms with van der Waals surface area (Å²) in [5.41, 5.74) is 0. The van der Waals surface area contributed by atoms with Gasteiger partial charge in [-0.25, -0.2) is 4.57 Å². The number of esters is 3. The Labute approximate surface area is 442 Å². The first-order chi connectivity index (χ1) is 35.2. The predicted molar refractivity (Wildman–Crippen MR) is 298 cm³/mol. The van der Waals surface area contributed by atoms with Crippen molar-refractivity contribution >= 4 is 25.7 Å². The van der Waals surface area contributed by atoms with Crippen molar-refractivity contribution in [2.75, 3.05) is 26.4 Å². The fourth-order valence-corrected chi connectivity index (χ4v) is 9.53. The zero-order valence-corrected chi connectivity index (χ0v) is 47.8. The van der Waals surface area contributed by atoms with Crippen molar-refractivity contribution in [1.29, 1.82) is 0 Å². The van der Waals surface area contributed by atoms with Crippen molar-refractivity contribution in [1.82, 2.24) is 0 Å². The first kappa shape index (κ1) is 70.0. The number of aliphatic hydroxyl groups is 1. The SMILES string of the molecule is CCC/C=C\C/C=C\CCCCCCCC(=O)OCC(COP(=O)(O)OCC(CO)OC(=O)CCCCCCCCCCCCCCC)OC(=O)CCCCCCCCCCCCCCCCCCCCC. The normalized spacial score (nSPS) is 13.5. The lowest BCUT2D eigenvalue weighted by molar-refractivity contribution is -0.161. The first-order valence-corrected chi connectivity index (χ1v) is 31.7. The van der Waals surface area contributed by atoms with E-state index in [1.807, 2.05) is 0 Å². The molecule has 0 aliphatic heterocycles. The van der Waals surface area contributed by atoms with Crippen LogP contribution in [-0.4, -0.2) is 66.5 Å². The maximum Gasteiger partial charge on any atom is 0.472 e. The van der Waals surface area contributed by atoms with Crippen LogP contribution in [0.3, 0.4) is 0 Å². The van der Waals surface area contributed by atoms with Crippen LogP contribution in [0.4, 0.5) is 0 Å². The molecule has 11 nitrogen and oxygen atoms in total. The van der Waals surface area contributed by atoms with E-state index in [1.165, 1.54) is 161 Å². The molecular formula is C60H113O11P. The highest BCUT2D eigenvalue weighted by Gasteiger charge is 2.28. The lowest BCUT2D eigenvalue weighted by Crippen LogP contribution is -2.30. The highest BCUT2D eigenvalue weighted by atomic mass is 31.2. The Kier molecular flexibility index (Phi) is 53.6. The van der Waals surface area contributed by atoms with Gasteiger partial charge in [-0.2, -0.15) is 0 Å². The van der Waals surface area contributed by atoms with Crippen molar-refractivity contribution in [3.05, 3.63) is 24.3 Å². The van der Waals surface area contributed by atoms with E-state index >= 15 is 0 Å². The highest BCUT2D eigenvalue weighted by molar-refractivity contribution is 7.47. The van der Waals surface area contributed by atoms with Crippen LogP contribution in [0.15, 0.2) is 24.3 Å². The zero-order chi connectivity index (χ0) is 52.7. The van der Waals surface area contributed by atoms with Crippen molar-refractivity contribution in [3.63, 3.8) is 0 Å². The summed E-state index contributed by atoms with van der Waals surface area (Å²) in [6.07, 6.45) is 55.6. The fraction of sp³-hybridized carbons (Fsp3) is 0.883. The third kappa shape index (κ3) is 52.8. The summed E-state index contributed by atoms with van der Waals surface area (Å²) >= 11 is 0. The molecule has 0 spiro atoms. The van der Waals surface area contributed by atoms with Gasteiger partial charge in [0.1, 0.15) is 12.7 Å². The number of rotatable bonds is 57. The van der Waals surface area contributed by atoms with Gasteiger partial charge in [0.2, 0.25) is 0 Å². The Balaban J connectivity index is 4.66. The van der Waals surface area contributed by atoms with Gasteiger partial charge in [0.25, 0.3) is 0 Å². The highest BCUT2D eigenvalue weighted by Crippen LogP contribution is 2.43. The fourth-order valence-electron chi connectivity index (χ4n) is 8.75. The minimum atomic E-state index is -4.74. The topological polar surface area (TPSA) is 155 Å². The number of phosphoric ester groups is 1. The monoisotopic (exact) mass is 1040 g/mol. The quantitative estimate of drug-likeness (QED) is 0.0197. The number of carbonyl (C=O) groups excluding carboxylic acids is 3. The lowest BCUT2D eigenvalue weighted by atomic mass is 10.0. The van der Waals surface area contributed by atoms with E-state index in [0.717, 1.165) is 83.5 Å². The van der Waals surface area contributed by atoms with Crippen LogP contribution in [0.25, 0.3) is 0 Å². The Morgan fingerprint density at radius 2 is 0.708 bits per heavy atom. The predicted octanol–water partition coefficient (Wildman–Crippen LogP) is 17.8. The maximum atomic E-state index is 12.9. The molecule has 0 aromatic rings. The number of aliphatic hydroxyl groups excluding tert-OH is 1. The van der Waals surface area contributed by atoms with Crippen molar-refractivity contribution < 1.29 is 52.2 Å². The molecule has 0 aromatic carbocycles. The average molecular weight is 1040 g/mol. The molecule has 424 valence electrons. The number of carbonyl (C=O) groups is 3. The molecule has 0 aromatic heterocycles. The molecule has 0 fully saturated rings. The van der Waals surface area contributed by atoms with E-state index in [2.05, 4.69) is 45.1 Å². The van der Waals surface area contributed by atoms with Crippen LogP contribution in [-0.2, 0) is 42.2 Å². The van der Waals surface area contributed by atoms with E-state index in [9.17, 15) is 28.9 Å². The van der Waals surface area contributed by atoms with E-state index in [4.69, 9.17) is 23.3 Å². The summed E-state index contributed by atoms with van der Waals surface area (Å²) in [5, 5.41) is 9.81. The number of unbranched alkanes of at least 4 members (excludes halogenated alkanes) is 36. The van der Waals surface area contributed by atoms with E-state index in [-0.39, 0.29) is 25.9 Å². The molecule has 0 amide bonds. The molecule has 0 saturated heterocycles. The molecule has 0 heterocycles. The molecule has 0 aliphatic rings. The van der Waals surface area contributed by atoms with Crippen molar-refractivity contribution in [2.45, 2.75) is 315 Å². The van der Waals surface area contributed by atoms with Crippen molar-refractivity contribution in [3.8, 4) is 0 Å². The van der Waals surface area contributed by atoms with Crippen molar-refractivity contribution in [2.24, 2.45) is 0 Å². The molecule has 2 N–H and O–H groups in total. The van der Waals surface area contributed by atoms with E-state index in [1.54, 1.807) is 0 Å². The van der Waals surface area contributed by atoms with Crippen LogP contribution < -0.4 is 0 Å². The molecule has 0 aliphatic carbocycles. The molecule has 3 atom stereocenters. The second-order valence-electron chi connectivity index (χ2n) is 20.5. The Morgan fingerprint density at radius 3 is 1.08 bits per heavy atom. The molecule has 72 heavy (non-hydrogen) atoms. The van der Waals surface area contributed by atoms with Crippen LogP contribution in [0.1, 0.15) is 303 Å². The van der Waals surface area contributed by atoms with Crippen LogP contribution in [0.2, 0.25) is 0 Å². The summed E-state index contributed by atoms with van der Waals surface area (Å²) in [5.74, 6) is -1.45. The first-order valence-electron chi connectivity index (χ1n) is 30.2. The largest absolute Gasteiger partial charge is 0.472 e. The summed E-state index contributed by atoms with van der Waals surface area (Å²) in [7, 11) is -4.74. The second-order valence-corrected chi connectivity index (χ2v) is 22.0. The van der Waals surface area contributed by atoms with Gasteiger partial charge in [-0.15, -0.1) is 0 Å². The van der Waals surface area contributed by atoms with Crippen LogP contribution in [0.5, 0.6) is 0 Å². The smallest absolute Gasteiger partial charge is 0.462 e. The van der Waals surface area contributed by atoms with Crippen LogP contribution in [0, 0.1) is 0 Å². The summed E-state index contributed by atoms with van der Waals surface area (Å²) in [4.78, 5) is 48.5. The van der Waals surface area contributed by atoms with Gasteiger partial charge in [-0.1, -0.05) is 263 Å². The molecule has 0 rings (SSSR count). The maximum absolute atomic E-state index is 12.9. The van der Waals surface area contributed by atoms with E-state index in [0.29, 0.717) is 19.3 Å².